The summed E-state index contributed by atoms with van der Waals surface area (Å²) in [5.74, 6) is -0.288. The third-order valence-corrected chi connectivity index (χ3v) is 4.56. The van der Waals surface area contributed by atoms with Crippen LogP contribution in [0.5, 0.6) is 0 Å². The molecule has 0 aliphatic rings. The molecule has 0 bridgehead atoms. The Morgan fingerprint density at radius 1 is 1.23 bits per heavy atom. The fraction of sp³-hybridized carbons (Fsp3) is 0.267. The molecule has 1 unspecified atom stereocenters. The molecule has 0 fully saturated rings. The number of alkyl halides is 3. The van der Waals surface area contributed by atoms with Gasteiger partial charge in [-0.05, 0) is 42.5 Å². The van der Waals surface area contributed by atoms with Crippen molar-refractivity contribution in [1.29, 1.82) is 0 Å². The lowest BCUT2D eigenvalue weighted by Crippen LogP contribution is -2.49. The normalized spacial score (nSPS) is 12.8. The fourth-order valence-corrected chi connectivity index (χ4v) is 2.81. The van der Waals surface area contributed by atoms with Crippen LogP contribution in [-0.4, -0.2) is 15.9 Å². The number of rotatable bonds is 4. The number of amides is 1. The monoisotopic (exact) mass is 376 g/mol. The van der Waals surface area contributed by atoms with Gasteiger partial charge in [-0.3, -0.25) is 4.79 Å². The van der Waals surface area contributed by atoms with Gasteiger partial charge in [0, 0.05) is 5.69 Å². The van der Waals surface area contributed by atoms with Crippen LogP contribution in [0.1, 0.15) is 20.8 Å². The maximum Gasteiger partial charge on any atom is 0.263 e. The highest BCUT2D eigenvalue weighted by molar-refractivity contribution is 7.12. The number of hydrogen-bond donors (Lipinski definition) is 2. The molecule has 0 saturated carbocycles. The van der Waals surface area contributed by atoms with Crippen LogP contribution in [0.15, 0.2) is 35.7 Å². The first-order chi connectivity index (χ1) is 10.3. The van der Waals surface area contributed by atoms with E-state index in [9.17, 15) is 4.79 Å². The van der Waals surface area contributed by atoms with Crippen molar-refractivity contribution in [2.45, 2.75) is 23.8 Å². The van der Waals surface area contributed by atoms with Crippen LogP contribution >= 0.6 is 46.1 Å². The maximum absolute atomic E-state index is 12.2. The van der Waals surface area contributed by atoms with E-state index in [1.165, 1.54) is 11.3 Å². The summed E-state index contributed by atoms with van der Waals surface area (Å²) in [6.07, 6.45) is -0.854. The van der Waals surface area contributed by atoms with Crippen molar-refractivity contribution in [2.75, 3.05) is 5.32 Å². The van der Waals surface area contributed by atoms with E-state index in [2.05, 4.69) is 10.6 Å². The van der Waals surface area contributed by atoms with Gasteiger partial charge in [-0.25, -0.2) is 0 Å². The molecule has 2 aromatic rings. The van der Waals surface area contributed by atoms with Crippen molar-refractivity contribution >= 4 is 57.7 Å². The van der Waals surface area contributed by atoms with Crippen LogP contribution in [-0.2, 0) is 0 Å². The zero-order valence-corrected chi connectivity index (χ0v) is 15.1. The van der Waals surface area contributed by atoms with Crippen molar-refractivity contribution in [1.82, 2.24) is 5.32 Å². The number of benzene rings is 1. The molecule has 1 aromatic carbocycles. The van der Waals surface area contributed by atoms with Crippen LogP contribution < -0.4 is 10.6 Å². The van der Waals surface area contributed by atoms with E-state index in [1.54, 1.807) is 12.1 Å². The minimum absolute atomic E-state index is 0.288. The van der Waals surface area contributed by atoms with E-state index in [0.717, 1.165) is 16.8 Å². The predicted octanol–water partition coefficient (Wildman–Crippen LogP) is 4.90. The highest BCUT2D eigenvalue weighted by Gasteiger charge is 2.34. The van der Waals surface area contributed by atoms with E-state index < -0.39 is 9.96 Å². The summed E-state index contributed by atoms with van der Waals surface area (Å²) in [7, 11) is 0. The number of anilines is 1. The summed E-state index contributed by atoms with van der Waals surface area (Å²) in [4.78, 5) is 12.7. The standard InChI is InChI=1S/C15H15Cl3N2OS/c1-9-5-6-10(2)11(8-9)19-14(15(16,17)18)20-13(21)12-4-3-7-22-12/h3-8,14,19H,1-2H3,(H,20,21). The van der Waals surface area contributed by atoms with Crippen molar-refractivity contribution in [3.63, 3.8) is 0 Å². The van der Waals surface area contributed by atoms with E-state index in [4.69, 9.17) is 34.8 Å². The number of halogens is 3. The van der Waals surface area contributed by atoms with Crippen LogP contribution in [0, 0.1) is 13.8 Å². The Labute approximate surface area is 148 Å². The van der Waals surface area contributed by atoms with Gasteiger partial charge in [0.05, 0.1) is 4.88 Å². The van der Waals surface area contributed by atoms with Crippen LogP contribution in [0.4, 0.5) is 5.69 Å². The average Bonchev–Trinajstić information content (AvgIpc) is 2.95. The first-order valence-electron chi connectivity index (χ1n) is 6.52. The Morgan fingerprint density at radius 3 is 2.55 bits per heavy atom. The van der Waals surface area contributed by atoms with Gasteiger partial charge in [-0.2, -0.15) is 0 Å². The Bertz CT molecular complexity index is 653. The number of thiophene rings is 1. The lowest BCUT2D eigenvalue weighted by Gasteiger charge is -2.28. The molecule has 7 heteroatoms. The number of aryl methyl sites for hydroxylation is 2. The molecule has 0 saturated heterocycles. The molecule has 1 heterocycles. The van der Waals surface area contributed by atoms with Gasteiger partial charge in [0.25, 0.3) is 5.91 Å². The van der Waals surface area contributed by atoms with Crippen molar-refractivity contribution in [3.8, 4) is 0 Å². The SMILES string of the molecule is Cc1ccc(C)c(NC(NC(=O)c2cccs2)C(Cl)(Cl)Cl)c1. The lowest BCUT2D eigenvalue weighted by atomic mass is 10.1. The molecule has 2 N–H and O–H groups in total. The molecule has 1 amide bonds. The first kappa shape index (κ1) is 17.4. The van der Waals surface area contributed by atoms with Crippen LogP contribution in [0.25, 0.3) is 0 Å². The second-order valence-electron chi connectivity index (χ2n) is 4.89. The largest absolute Gasteiger partial charge is 0.362 e. The minimum Gasteiger partial charge on any atom is -0.362 e. The fourth-order valence-electron chi connectivity index (χ4n) is 1.86. The minimum atomic E-state index is -1.69. The molecule has 1 atom stereocenters. The number of carbonyl (C=O) groups excluding carboxylic acids is 1. The van der Waals surface area contributed by atoms with Crippen molar-refractivity contribution in [3.05, 3.63) is 51.7 Å². The highest BCUT2D eigenvalue weighted by atomic mass is 35.6. The Kier molecular flexibility index (Phi) is 5.61. The summed E-state index contributed by atoms with van der Waals surface area (Å²) >= 11 is 19.3. The predicted molar refractivity (Wildman–Crippen MR) is 95.4 cm³/mol. The van der Waals surface area contributed by atoms with Gasteiger partial charge in [-0.1, -0.05) is 53.0 Å². The molecule has 2 rings (SSSR count). The molecule has 3 nitrogen and oxygen atoms in total. The highest BCUT2D eigenvalue weighted by Crippen LogP contribution is 2.32. The van der Waals surface area contributed by atoms with Crippen LogP contribution in [0.2, 0.25) is 0 Å². The zero-order chi connectivity index (χ0) is 16.3. The van der Waals surface area contributed by atoms with E-state index in [-0.39, 0.29) is 5.91 Å². The van der Waals surface area contributed by atoms with Gasteiger partial charge < -0.3 is 10.6 Å². The second-order valence-corrected chi connectivity index (χ2v) is 8.20. The van der Waals surface area contributed by atoms with Gasteiger partial charge in [0.2, 0.25) is 3.79 Å². The molecule has 0 spiro atoms. The average molecular weight is 378 g/mol. The van der Waals surface area contributed by atoms with Gasteiger partial charge in [0.1, 0.15) is 6.17 Å². The molecular weight excluding hydrogens is 363 g/mol. The van der Waals surface area contributed by atoms with E-state index >= 15 is 0 Å². The lowest BCUT2D eigenvalue weighted by molar-refractivity contribution is 0.0946. The Hall–Kier alpha value is -0.940. The van der Waals surface area contributed by atoms with E-state index in [1.807, 2.05) is 37.4 Å². The topological polar surface area (TPSA) is 41.1 Å². The quantitative estimate of drug-likeness (QED) is 0.587. The van der Waals surface area contributed by atoms with Gasteiger partial charge >= 0.3 is 0 Å². The summed E-state index contributed by atoms with van der Waals surface area (Å²) in [6, 6.07) is 9.41. The molecule has 1 aromatic heterocycles. The molecular formula is C15H15Cl3N2OS. The van der Waals surface area contributed by atoms with Crippen LogP contribution in [0.3, 0.4) is 0 Å². The summed E-state index contributed by atoms with van der Waals surface area (Å²) in [5, 5.41) is 7.63. The summed E-state index contributed by atoms with van der Waals surface area (Å²) in [6.45, 7) is 3.91. The molecule has 118 valence electrons. The first-order valence-corrected chi connectivity index (χ1v) is 8.53. The van der Waals surface area contributed by atoms with Gasteiger partial charge in [0.15, 0.2) is 0 Å². The molecule has 22 heavy (non-hydrogen) atoms. The zero-order valence-electron chi connectivity index (χ0n) is 12.0. The third kappa shape index (κ3) is 4.53. The van der Waals surface area contributed by atoms with Crippen molar-refractivity contribution in [2.24, 2.45) is 0 Å². The number of hydrogen-bond acceptors (Lipinski definition) is 3. The Morgan fingerprint density at radius 2 is 1.95 bits per heavy atom. The molecule has 0 aliphatic heterocycles. The smallest absolute Gasteiger partial charge is 0.263 e. The molecule has 0 radical (unpaired) electrons. The third-order valence-electron chi connectivity index (χ3n) is 3.04. The second kappa shape index (κ2) is 7.09. The molecule has 0 aliphatic carbocycles. The number of nitrogens with one attached hydrogen (secondary N) is 2. The Balaban J connectivity index is 2.20. The summed E-state index contributed by atoms with van der Waals surface area (Å²) in [5.41, 5.74) is 2.87. The number of carbonyl (C=O) groups is 1. The van der Waals surface area contributed by atoms with Gasteiger partial charge in [-0.15, -0.1) is 11.3 Å². The van der Waals surface area contributed by atoms with Crippen molar-refractivity contribution < 1.29 is 4.79 Å². The maximum atomic E-state index is 12.2. The van der Waals surface area contributed by atoms with E-state index in [0.29, 0.717) is 4.88 Å². The summed E-state index contributed by atoms with van der Waals surface area (Å²) < 4.78 is -1.69.